The van der Waals surface area contributed by atoms with E-state index < -0.39 is 0 Å². The molecule has 24 heavy (non-hydrogen) atoms. The molecule has 1 aliphatic rings. The fourth-order valence-electron chi connectivity index (χ4n) is 2.94. The first-order valence-electron chi connectivity index (χ1n) is 7.65. The lowest BCUT2D eigenvalue weighted by atomic mass is 10.1. The molecule has 1 aromatic carbocycles. The molecule has 4 rings (SSSR count). The van der Waals surface area contributed by atoms with Crippen molar-refractivity contribution in [3.63, 3.8) is 0 Å². The standard InChI is InChI=1S/C17H15FN4O2/c1-11-7-14(20-24-11)17(23)21-5-6-22-15(9-19-16(22)10-21)12-3-2-4-13(18)8-12/h2-4,7-9H,5-6,10H2,1H3. The highest BCUT2D eigenvalue weighted by Gasteiger charge is 2.26. The molecule has 7 heteroatoms. The van der Waals surface area contributed by atoms with Gasteiger partial charge in [0.1, 0.15) is 17.4 Å². The van der Waals surface area contributed by atoms with Gasteiger partial charge in [0.05, 0.1) is 18.4 Å². The van der Waals surface area contributed by atoms with E-state index in [4.69, 9.17) is 4.52 Å². The van der Waals surface area contributed by atoms with Gasteiger partial charge < -0.3 is 14.0 Å². The van der Waals surface area contributed by atoms with Crippen molar-refractivity contribution < 1.29 is 13.7 Å². The fraction of sp³-hybridized carbons (Fsp3) is 0.235. The molecule has 122 valence electrons. The Hall–Kier alpha value is -2.96. The van der Waals surface area contributed by atoms with Crippen LogP contribution in [0.2, 0.25) is 0 Å². The van der Waals surface area contributed by atoms with Crippen molar-refractivity contribution in [3.8, 4) is 11.3 Å². The lowest BCUT2D eigenvalue weighted by molar-refractivity contribution is 0.0697. The van der Waals surface area contributed by atoms with Gasteiger partial charge in [-0.05, 0) is 19.1 Å². The third kappa shape index (κ3) is 2.47. The minimum atomic E-state index is -0.280. The molecular formula is C17H15FN4O2. The molecule has 0 radical (unpaired) electrons. The van der Waals surface area contributed by atoms with Gasteiger partial charge in [-0.25, -0.2) is 9.37 Å². The molecule has 0 fully saturated rings. The molecule has 6 nitrogen and oxygen atoms in total. The normalized spacial score (nSPS) is 13.8. The Kier molecular flexibility index (Phi) is 3.41. The van der Waals surface area contributed by atoms with Crippen LogP contribution in [-0.4, -0.2) is 32.1 Å². The number of carbonyl (C=O) groups is 1. The molecule has 2 aromatic heterocycles. The zero-order chi connectivity index (χ0) is 16.7. The molecule has 0 spiro atoms. The van der Waals surface area contributed by atoms with Gasteiger partial charge in [-0.2, -0.15) is 0 Å². The van der Waals surface area contributed by atoms with Gasteiger partial charge in [0, 0.05) is 24.7 Å². The number of carbonyl (C=O) groups excluding carboxylic acids is 1. The first-order chi connectivity index (χ1) is 11.6. The monoisotopic (exact) mass is 326 g/mol. The molecule has 3 aromatic rings. The number of imidazole rings is 1. The van der Waals surface area contributed by atoms with Crippen LogP contribution >= 0.6 is 0 Å². The summed E-state index contributed by atoms with van der Waals surface area (Å²) in [5.41, 5.74) is 1.94. The minimum absolute atomic E-state index is 0.173. The quantitative estimate of drug-likeness (QED) is 0.726. The summed E-state index contributed by atoms with van der Waals surface area (Å²) in [5, 5.41) is 3.77. The molecule has 0 saturated heterocycles. The van der Waals surface area contributed by atoms with Gasteiger partial charge in [-0.1, -0.05) is 17.3 Å². The highest BCUT2D eigenvalue weighted by Crippen LogP contribution is 2.25. The average molecular weight is 326 g/mol. The maximum Gasteiger partial charge on any atom is 0.276 e. The van der Waals surface area contributed by atoms with Crippen LogP contribution in [0.3, 0.4) is 0 Å². The predicted octanol–water partition coefficient (Wildman–Crippen LogP) is 2.64. The van der Waals surface area contributed by atoms with E-state index in [-0.39, 0.29) is 11.7 Å². The van der Waals surface area contributed by atoms with E-state index in [0.717, 1.165) is 17.1 Å². The number of amides is 1. The zero-order valence-electron chi connectivity index (χ0n) is 13.1. The number of fused-ring (bicyclic) bond motifs is 1. The fourth-order valence-corrected chi connectivity index (χ4v) is 2.94. The molecule has 0 N–H and O–H groups in total. The second kappa shape index (κ2) is 5.59. The summed E-state index contributed by atoms with van der Waals surface area (Å²) >= 11 is 0. The van der Waals surface area contributed by atoms with Gasteiger partial charge in [-0.15, -0.1) is 0 Å². The van der Waals surface area contributed by atoms with E-state index in [1.807, 2.05) is 10.6 Å². The molecule has 0 atom stereocenters. The zero-order valence-corrected chi connectivity index (χ0v) is 13.1. The van der Waals surface area contributed by atoms with Crippen molar-refractivity contribution in [2.45, 2.75) is 20.0 Å². The van der Waals surface area contributed by atoms with Crippen molar-refractivity contribution in [3.05, 3.63) is 59.6 Å². The number of benzene rings is 1. The maximum absolute atomic E-state index is 13.5. The van der Waals surface area contributed by atoms with Crippen LogP contribution in [0.4, 0.5) is 4.39 Å². The van der Waals surface area contributed by atoms with Crippen LogP contribution in [0.25, 0.3) is 11.3 Å². The summed E-state index contributed by atoms with van der Waals surface area (Å²) in [5.74, 6) is 0.921. The third-order valence-electron chi connectivity index (χ3n) is 4.12. The SMILES string of the molecule is Cc1cc(C(=O)N2CCn3c(-c4cccc(F)c4)cnc3C2)no1. The second-order valence-corrected chi connectivity index (χ2v) is 5.77. The first-order valence-corrected chi connectivity index (χ1v) is 7.65. The van der Waals surface area contributed by atoms with E-state index in [1.165, 1.54) is 12.1 Å². The smallest absolute Gasteiger partial charge is 0.276 e. The van der Waals surface area contributed by atoms with Crippen LogP contribution in [0.15, 0.2) is 41.1 Å². The summed E-state index contributed by atoms with van der Waals surface area (Å²) in [4.78, 5) is 18.5. The number of hydrogen-bond acceptors (Lipinski definition) is 4. The van der Waals surface area contributed by atoms with Gasteiger partial charge in [-0.3, -0.25) is 4.79 Å². The molecule has 1 amide bonds. The lowest BCUT2D eigenvalue weighted by Crippen LogP contribution is -2.38. The van der Waals surface area contributed by atoms with Crippen LogP contribution in [0, 0.1) is 12.7 Å². The molecule has 0 saturated carbocycles. The molecule has 0 unspecified atom stereocenters. The average Bonchev–Trinajstić information content (AvgIpc) is 3.19. The van der Waals surface area contributed by atoms with Gasteiger partial charge in [0.15, 0.2) is 5.69 Å². The Morgan fingerprint density at radius 3 is 2.92 bits per heavy atom. The number of halogens is 1. The highest BCUT2D eigenvalue weighted by atomic mass is 19.1. The Morgan fingerprint density at radius 1 is 1.29 bits per heavy atom. The molecule has 0 bridgehead atoms. The molecular weight excluding hydrogens is 311 g/mol. The maximum atomic E-state index is 13.5. The summed E-state index contributed by atoms with van der Waals surface area (Å²) in [7, 11) is 0. The minimum Gasteiger partial charge on any atom is -0.361 e. The Labute approximate surface area is 137 Å². The van der Waals surface area contributed by atoms with Crippen molar-refractivity contribution in [2.75, 3.05) is 6.54 Å². The largest absolute Gasteiger partial charge is 0.361 e. The summed E-state index contributed by atoms with van der Waals surface area (Å²) in [6.45, 7) is 3.28. The number of aromatic nitrogens is 3. The summed E-state index contributed by atoms with van der Waals surface area (Å²) in [6.07, 6.45) is 1.72. The van der Waals surface area contributed by atoms with Crippen LogP contribution in [-0.2, 0) is 13.1 Å². The van der Waals surface area contributed by atoms with E-state index in [2.05, 4.69) is 10.1 Å². The topological polar surface area (TPSA) is 64.2 Å². The van der Waals surface area contributed by atoms with Crippen LogP contribution in [0.5, 0.6) is 0 Å². The Bertz CT molecular complexity index is 915. The summed E-state index contributed by atoms with van der Waals surface area (Å²) < 4.78 is 20.4. The number of rotatable bonds is 2. The lowest BCUT2D eigenvalue weighted by Gasteiger charge is -2.28. The van der Waals surface area contributed by atoms with E-state index in [9.17, 15) is 9.18 Å². The van der Waals surface area contributed by atoms with E-state index in [1.54, 1.807) is 30.2 Å². The van der Waals surface area contributed by atoms with Crippen molar-refractivity contribution >= 4 is 5.91 Å². The van der Waals surface area contributed by atoms with E-state index >= 15 is 0 Å². The van der Waals surface area contributed by atoms with Crippen molar-refractivity contribution in [2.24, 2.45) is 0 Å². The Balaban J connectivity index is 1.60. The van der Waals surface area contributed by atoms with Crippen LogP contribution < -0.4 is 0 Å². The van der Waals surface area contributed by atoms with Crippen LogP contribution in [0.1, 0.15) is 22.1 Å². The van der Waals surface area contributed by atoms with Crippen molar-refractivity contribution in [1.82, 2.24) is 19.6 Å². The highest BCUT2D eigenvalue weighted by molar-refractivity contribution is 5.92. The Morgan fingerprint density at radius 2 is 2.17 bits per heavy atom. The molecule has 0 aliphatic carbocycles. The molecule has 1 aliphatic heterocycles. The second-order valence-electron chi connectivity index (χ2n) is 5.77. The summed E-state index contributed by atoms with van der Waals surface area (Å²) in [6, 6.07) is 8.05. The molecule has 3 heterocycles. The van der Waals surface area contributed by atoms with Gasteiger partial charge in [0.2, 0.25) is 0 Å². The number of aryl methyl sites for hydroxylation is 1. The first kappa shape index (κ1) is 14.6. The third-order valence-corrected chi connectivity index (χ3v) is 4.12. The van der Waals surface area contributed by atoms with Gasteiger partial charge in [0.25, 0.3) is 5.91 Å². The van der Waals surface area contributed by atoms with E-state index in [0.29, 0.717) is 31.1 Å². The van der Waals surface area contributed by atoms with Gasteiger partial charge >= 0.3 is 0 Å². The number of nitrogens with zero attached hydrogens (tertiary/aromatic N) is 4. The van der Waals surface area contributed by atoms with Crippen molar-refractivity contribution in [1.29, 1.82) is 0 Å². The number of hydrogen-bond donors (Lipinski definition) is 0. The predicted molar refractivity (Wildman–Crippen MR) is 83.6 cm³/mol.